The van der Waals surface area contributed by atoms with E-state index >= 15 is 0 Å². The molecule has 3 heteroatoms. The largest absolute Gasteiger partial charge is 0.497 e. The highest BCUT2D eigenvalue weighted by Gasteiger charge is 2.11. The first-order valence-electron chi connectivity index (χ1n) is 10.4. The van der Waals surface area contributed by atoms with E-state index in [1.165, 1.54) is 0 Å². The number of ether oxygens (including phenoxy) is 1. The van der Waals surface area contributed by atoms with Gasteiger partial charge in [0.15, 0.2) is 0 Å². The maximum Gasteiger partial charge on any atom is 0.141 e. The molecule has 0 saturated carbocycles. The molecule has 0 radical (unpaired) electrons. The van der Waals surface area contributed by atoms with Crippen molar-refractivity contribution in [3.63, 3.8) is 0 Å². The van der Waals surface area contributed by atoms with Crippen LogP contribution in [0.3, 0.4) is 0 Å². The van der Waals surface area contributed by atoms with Gasteiger partial charge in [0, 0.05) is 24.7 Å². The van der Waals surface area contributed by atoms with Crippen LogP contribution in [0.15, 0.2) is 91.1 Å². The Bertz CT molecular complexity index is 1180. The third-order valence-electron chi connectivity index (χ3n) is 5.39. The Morgan fingerprint density at radius 2 is 1.52 bits per heavy atom. The summed E-state index contributed by atoms with van der Waals surface area (Å²) >= 11 is 0. The number of methoxy groups -OCH3 is 1. The third-order valence-corrected chi connectivity index (χ3v) is 5.39. The number of aromatic nitrogens is 1. The monoisotopic (exact) mass is 407 g/mol. The van der Waals surface area contributed by atoms with Crippen LogP contribution in [0.2, 0.25) is 0 Å². The van der Waals surface area contributed by atoms with Crippen molar-refractivity contribution in [1.29, 1.82) is 0 Å². The molecule has 0 spiro atoms. The molecule has 0 saturated heterocycles. The average molecular weight is 408 g/mol. The number of carbonyl (C=O) groups excluding carboxylic acids is 1. The number of rotatable bonds is 7. The second-order valence-electron chi connectivity index (χ2n) is 7.66. The zero-order valence-corrected chi connectivity index (χ0v) is 17.8. The Kier molecular flexibility index (Phi) is 6.23. The fraction of sp³-hybridized carbons (Fsp3) is 0.143. The molecule has 1 aromatic heterocycles. The van der Waals surface area contributed by atoms with Crippen LogP contribution in [0.4, 0.5) is 0 Å². The van der Waals surface area contributed by atoms with Gasteiger partial charge in [0.25, 0.3) is 0 Å². The minimum Gasteiger partial charge on any atom is -0.497 e. The summed E-state index contributed by atoms with van der Waals surface area (Å²) in [4.78, 5) is 17.1. The number of Topliss-reactive ketones (excluding diaryl/α,β-unsaturated/α-hetero) is 1. The van der Waals surface area contributed by atoms with E-state index in [-0.39, 0.29) is 5.78 Å². The molecule has 0 atom stereocenters. The van der Waals surface area contributed by atoms with Gasteiger partial charge in [-0.05, 0) is 64.6 Å². The van der Waals surface area contributed by atoms with E-state index in [1.807, 2.05) is 73.8 Å². The summed E-state index contributed by atoms with van der Waals surface area (Å²) in [6, 6.07) is 28.3. The summed E-state index contributed by atoms with van der Waals surface area (Å²) in [6.45, 7) is 1.99. The van der Waals surface area contributed by atoms with Gasteiger partial charge in [-0.25, -0.2) is 0 Å². The molecule has 31 heavy (non-hydrogen) atoms. The SMILES string of the molecule is COc1ccc(-c2ccccc2CC(=O)Cc2ccc(-c3ccnc(C)c3)cc2)cc1. The third kappa shape index (κ3) is 5.07. The van der Waals surface area contributed by atoms with Crippen LogP contribution in [0.25, 0.3) is 22.3 Å². The number of carbonyl (C=O) groups is 1. The normalized spacial score (nSPS) is 10.6. The van der Waals surface area contributed by atoms with Gasteiger partial charge in [0.2, 0.25) is 0 Å². The first-order valence-corrected chi connectivity index (χ1v) is 10.4. The molecule has 154 valence electrons. The van der Waals surface area contributed by atoms with Gasteiger partial charge in [0.1, 0.15) is 11.5 Å². The lowest BCUT2D eigenvalue weighted by atomic mass is 9.94. The molecular formula is C28H25NO2. The molecular weight excluding hydrogens is 382 g/mol. The van der Waals surface area contributed by atoms with Gasteiger partial charge in [-0.1, -0.05) is 60.7 Å². The summed E-state index contributed by atoms with van der Waals surface area (Å²) in [5, 5.41) is 0. The molecule has 0 fully saturated rings. The Morgan fingerprint density at radius 3 is 2.23 bits per heavy atom. The quantitative estimate of drug-likeness (QED) is 0.372. The first-order chi connectivity index (χ1) is 15.1. The van der Waals surface area contributed by atoms with Crippen molar-refractivity contribution in [2.24, 2.45) is 0 Å². The summed E-state index contributed by atoms with van der Waals surface area (Å²) in [6.07, 6.45) is 2.66. The van der Waals surface area contributed by atoms with Crippen LogP contribution in [-0.4, -0.2) is 17.9 Å². The van der Waals surface area contributed by atoms with Crippen molar-refractivity contribution in [1.82, 2.24) is 4.98 Å². The van der Waals surface area contributed by atoms with Crippen molar-refractivity contribution < 1.29 is 9.53 Å². The molecule has 0 aliphatic carbocycles. The number of hydrogen-bond acceptors (Lipinski definition) is 3. The maximum atomic E-state index is 12.8. The molecule has 3 aromatic carbocycles. The van der Waals surface area contributed by atoms with Gasteiger partial charge < -0.3 is 4.74 Å². The van der Waals surface area contributed by atoms with Crippen molar-refractivity contribution in [3.8, 4) is 28.0 Å². The highest BCUT2D eigenvalue weighted by Crippen LogP contribution is 2.27. The summed E-state index contributed by atoms with van der Waals surface area (Å²) in [5.74, 6) is 1.02. The predicted molar refractivity (Wildman–Crippen MR) is 125 cm³/mol. The maximum absolute atomic E-state index is 12.8. The zero-order valence-electron chi connectivity index (χ0n) is 17.8. The Hall–Kier alpha value is -3.72. The molecule has 0 aliphatic heterocycles. The van der Waals surface area contributed by atoms with E-state index in [1.54, 1.807) is 7.11 Å². The number of aryl methyl sites for hydroxylation is 1. The Balaban J connectivity index is 1.47. The number of nitrogens with zero attached hydrogens (tertiary/aromatic N) is 1. The first kappa shape index (κ1) is 20.5. The van der Waals surface area contributed by atoms with Gasteiger partial charge in [-0.15, -0.1) is 0 Å². The number of pyridine rings is 1. The second-order valence-corrected chi connectivity index (χ2v) is 7.66. The van der Waals surface area contributed by atoms with Crippen molar-refractivity contribution in [2.45, 2.75) is 19.8 Å². The predicted octanol–water partition coefficient (Wildman–Crippen LogP) is 6.09. The van der Waals surface area contributed by atoms with E-state index in [2.05, 4.69) is 29.2 Å². The lowest BCUT2D eigenvalue weighted by Crippen LogP contribution is -2.07. The van der Waals surface area contributed by atoms with E-state index in [9.17, 15) is 4.79 Å². The molecule has 0 bridgehead atoms. The molecule has 0 unspecified atom stereocenters. The average Bonchev–Trinajstić information content (AvgIpc) is 2.80. The van der Waals surface area contributed by atoms with Crippen molar-refractivity contribution in [2.75, 3.05) is 7.11 Å². The number of hydrogen-bond donors (Lipinski definition) is 0. The molecule has 0 amide bonds. The Labute approximate surface area is 183 Å². The molecule has 3 nitrogen and oxygen atoms in total. The minimum atomic E-state index is 0.202. The summed E-state index contributed by atoms with van der Waals surface area (Å²) in [7, 11) is 1.66. The molecule has 0 aliphatic rings. The van der Waals surface area contributed by atoms with E-state index in [0.717, 1.165) is 44.8 Å². The molecule has 0 N–H and O–H groups in total. The van der Waals surface area contributed by atoms with Gasteiger partial charge in [-0.2, -0.15) is 0 Å². The zero-order chi connectivity index (χ0) is 21.6. The van der Waals surface area contributed by atoms with Crippen LogP contribution < -0.4 is 4.74 Å². The number of ketones is 1. The van der Waals surface area contributed by atoms with Crippen LogP contribution in [0.5, 0.6) is 5.75 Å². The molecule has 4 rings (SSSR count). The Morgan fingerprint density at radius 1 is 0.806 bits per heavy atom. The van der Waals surface area contributed by atoms with E-state index < -0.39 is 0 Å². The molecule has 1 heterocycles. The fourth-order valence-corrected chi connectivity index (χ4v) is 3.77. The minimum absolute atomic E-state index is 0.202. The second kappa shape index (κ2) is 9.40. The van der Waals surface area contributed by atoms with E-state index in [4.69, 9.17) is 4.74 Å². The highest BCUT2D eigenvalue weighted by molar-refractivity contribution is 5.85. The van der Waals surface area contributed by atoms with Gasteiger partial charge >= 0.3 is 0 Å². The van der Waals surface area contributed by atoms with Crippen LogP contribution >= 0.6 is 0 Å². The van der Waals surface area contributed by atoms with Gasteiger partial charge in [-0.3, -0.25) is 9.78 Å². The van der Waals surface area contributed by atoms with Crippen LogP contribution in [0.1, 0.15) is 16.8 Å². The summed E-state index contributed by atoms with van der Waals surface area (Å²) < 4.78 is 5.25. The van der Waals surface area contributed by atoms with Crippen LogP contribution in [-0.2, 0) is 17.6 Å². The summed E-state index contributed by atoms with van der Waals surface area (Å²) in [5.41, 5.74) is 7.50. The van der Waals surface area contributed by atoms with Crippen LogP contribution in [0, 0.1) is 6.92 Å². The topological polar surface area (TPSA) is 39.2 Å². The fourth-order valence-electron chi connectivity index (χ4n) is 3.77. The standard InChI is InChI=1S/C28H25NO2/c1-20-17-24(15-16-29-20)22-9-7-21(8-10-22)18-26(30)19-25-5-3-4-6-28(25)23-11-13-27(31-2)14-12-23/h3-17H,18-19H2,1-2H3. The number of benzene rings is 3. The van der Waals surface area contributed by atoms with Crippen molar-refractivity contribution in [3.05, 3.63) is 108 Å². The highest BCUT2D eigenvalue weighted by atomic mass is 16.5. The van der Waals surface area contributed by atoms with E-state index in [0.29, 0.717) is 12.8 Å². The van der Waals surface area contributed by atoms with Crippen molar-refractivity contribution >= 4 is 5.78 Å². The van der Waals surface area contributed by atoms with Gasteiger partial charge in [0.05, 0.1) is 7.11 Å². The lowest BCUT2D eigenvalue weighted by molar-refractivity contribution is -0.117. The lowest BCUT2D eigenvalue weighted by Gasteiger charge is -2.10. The smallest absolute Gasteiger partial charge is 0.141 e. The molecule has 4 aromatic rings.